The highest BCUT2D eigenvalue weighted by molar-refractivity contribution is 5.95. The van der Waals surface area contributed by atoms with Crippen molar-refractivity contribution in [2.75, 3.05) is 6.61 Å². The van der Waals surface area contributed by atoms with E-state index < -0.39 is 18.4 Å². The second-order valence-electron chi connectivity index (χ2n) is 8.65. The highest BCUT2D eigenvalue weighted by Crippen LogP contribution is 2.32. The quantitative estimate of drug-likeness (QED) is 0.310. The molecule has 3 aromatic carbocycles. The smallest absolute Gasteiger partial charge is 0.303 e. The Balaban J connectivity index is 1.51. The van der Waals surface area contributed by atoms with Crippen LogP contribution in [0.25, 0.3) is 11.1 Å². The van der Waals surface area contributed by atoms with Gasteiger partial charge in [-0.3, -0.25) is 9.59 Å². The molecule has 0 atom stereocenters. The van der Waals surface area contributed by atoms with Gasteiger partial charge in [0.15, 0.2) is 0 Å². The van der Waals surface area contributed by atoms with Crippen molar-refractivity contribution in [1.29, 1.82) is 0 Å². The molecule has 0 aromatic heterocycles. The van der Waals surface area contributed by atoms with Gasteiger partial charge in [-0.1, -0.05) is 42.5 Å². The molecular formula is C29H30FNO4. The van der Waals surface area contributed by atoms with E-state index in [2.05, 4.69) is 0 Å². The van der Waals surface area contributed by atoms with Crippen molar-refractivity contribution in [2.45, 2.75) is 51.1 Å². The number of amides is 1. The molecule has 0 saturated heterocycles. The van der Waals surface area contributed by atoms with E-state index in [1.165, 1.54) is 17.0 Å². The predicted octanol–water partition coefficient (Wildman–Crippen LogP) is 6.32. The average Bonchev–Trinajstić information content (AvgIpc) is 3.71. The summed E-state index contributed by atoms with van der Waals surface area (Å²) in [7, 11) is 0. The first-order valence-electron chi connectivity index (χ1n) is 12.9. The lowest BCUT2D eigenvalue weighted by Crippen LogP contribution is -2.32. The van der Waals surface area contributed by atoms with E-state index in [4.69, 9.17) is 12.6 Å². The Kier molecular flexibility index (Phi) is 7.27. The zero-order chi connectivity index (χ0) is 26.4. The number of carboxylic acid groups (broad SMARTS) is 1. The first-order valence-corrected chi connectivity index (χ1v) is 11.9. The van der Waals surface area contributed by atoms with Gasteiger partial charge < -0.3 is 14.7 Å². The van der Waals surface area contributed by atoms with Crippen molar-refractivity contribution >= 4 is 11.9 Å². The maximum atomic E-state index is 13.6. The lowest BCUT2D eigenvalue weighted by Gasteiger charge is -2.24. The number of unbranched alkanes of at least 4 members (excludes halogenated alkanes) is 2. The van der Waals surface area contributed by atoms with Gasteiger partial charge in [0.05, 0.1) is 9.35 Å². The summed E-state index contributed by atoms with van der Waals surface area (Å²) in [6.45, 7) is -1.79. The first-order chi connectivity index (χ1) is 17.8. The van der Waals surface area contributed by atoms with Gasteiger partial charge in [-0.2, -0.15) is 0 Å². The summed E-state index contributed by atoms with van der Waals surface area (Å²) in [5, 5.41) is 8.76. The minimum Gasteiger partial charge on any atom is -0.493 e. The number of nitrogens with zero attached hydrogens (tertiary/aromatic N) is 1. The predicted molar refractivity (Wildman–Crippen MR) is 133 cm³/mol. The first kappa shape index (κ1) is 21.8. The van der Waals surface area contributed by atoms with Crippen LogP contribution < -0.4 is 4.74 Å². The molecule has 0 heterocycles. The maximum absolute atomic E-state index is 13.6. The number of carboxylic acids is 1. The highest BCUT2D eigenvalue weighted by atomic mass is 19.1. The van der Waals surface area contributed by atoms with E-state index in [1.54, 1.807) is 60.7 Å². The number of halogens is 1. The number of benzene rings is 3. The second kappa shape index (κ2) is 11.6. The van der Waals surface area contributed by atoms with Crippen LogP contribution in [0.4, 0.5) is 4.39 Å². The van der Waals surface area contributed by atoms with Gasteiger partial charge in [-0.05, 0) is 73.6 Å². The summed E-state index contributed by atoms with van der Waals surface area (Å²) >= 11 is 0. The van der Waals surface area contributed by atoms with Crippen LogP contribution >= 0.6 is 0 Å². The van der Waals surface area contributed by atoms with Crippen LogP contribution in [-0.4, -0.2) is 34.5 Å². The van der Waals surface area contributed by atoms with Crippen LogP contribution in [0.15, 0.2) is 72.8 Å². The Morgan fingerprint density at radius 2 is 1.74 bits per heavy atom. The molecule has 3 aromatic rings. The topological polar surface area (TPSA) is 66.8 Å². The van der Waals surface area contributed by atoms with Gasteiger partial charge in [0.2, 0.25) is 0 Å². The molecule has 0 spiro atoms. The molecule has 0 unspecified atom stereocenters. The number of ether oxygens (including phenoxy) is 1. The lowest BCUT2D eigenvalue weighted by atomic mass is 10.0. The molecular weight excluding hydrogens is 445 g/mol. The van der Waals surface area contributed by atoms with Crippen LogP contribution in [0, 0.1) is 5.82 Å². The number of carbonyl (C=O) groups is 2. The zero-order valence-corrected chi connectivity index (χ0v) is 19.5. The molecule has 1 N–H and O–H groups in total. The van der Waals surface area contributed by atoms with Gasteiger partial charge in [-0.25, -0.2) is 4.39 Å². The summed E-state index contributed by atoms with van der Waals surface area (Å²) in [4.78, 5) is 25.6. The molecule has 0 bridgehead atoms. The van der Waals surface area contributed by atoms with E-state index in [0.29, 0.717) is 42.7 Å². The molecule has 182 valence electrons. The van der Waals surface area contributed by atoms with Crippen molar-refractivity contribution in [2.24, 2.45) is 0 Å². The van der Waals surface area contributed by atoms with Crippen molar-refractivity contribution in [3.8, 4) is 16.9 Å². The van der Waals surface area contributed by atoms with Gasteiger partial charge in [-0.15, -0.1) is 0 Å². The summed E-state index contributed by atoms with van der Waals surface area (Å²) in [5.74, 6) is -1.22. The van der Waals surface area contributed by atoms with Crippen LogP contribution in [0.2, 0.25) is 0 Å². The molecule has 1 aliphatic rings. The molecule has 0 aliphatic heterocycles. The molecule has 1 amide bonds. The van der Waals surface area contributed by atoms with Gasteiger partial charge in [0.25, 0.3) is 5.91 Å². The summed E-state index contributed by atoms with van der Waals surface area (Å²) in [6, 6.07) is 19.6. The molecule has 0 radical (unpaired) electrons. The Morgan fingerprint density at radius 3 is 2.46 bits per heavy atom. The maximum Gasteiger partial charge on any atom is 0.303 e. The van der Waals surface area contributed by atoms with E-state index in [0.717, 1.165) is 18.4 Å². The van der Waals surface area contributed by atoms with Crippen molar-refractivity contribution in [3.63, 3.8) is 0 Å². The fourth-order valence-corrected chi connectivity index (χ4v) is 3.80. The zero-order valence-electron chi connectivity index (χ0n) is 21.5. The Hall–Kier alpha value is -3.67. The minimum atomic E-state index is -2.11. The van der Waals surface area contributed by atoms with E-state index in [1.807, 2.05) is 0 Å². The number of rotatable bonds is 12. The normalized spacial score (nSPS) is 14.1. The standard InChI is InChI=1S/C29H30FNO4/c30-25-9-6-8-23(19-25)21-12-14-22(15-13-21)29(34)31(26-16-17-26)20-24-7-3-4-10-27(24)35-18-5-1-2-11-28(32)33/h3-4,6-10,12-15,19,26H,1-2,5,11,16-18,20H2,(H,32,33)/i20D2. The van der Waals surface area contributed by atoms with Crippen molar-refractivity contribution < 1.29 is 26.6 Å². The average molecular weight is 478 g/mol. The van der Waals surface area contributed by atoms with Gasteiger partial charge in [0.1, 0.15) is 11.6 Å². The number of hydrogen-bond acceptors (Lipinski definition) is 3. The Labute approximate surface area is 208 Å². The van der Waals surface area contributed by atoms with Crippen LogP contribution in [-0.2, 0) is 11.3 Å². The molecule has 1 fully saturated rings. The molecule has 1 aliphatic carbocycles. The Morgan fingerprint density at radius 1 is 0.971 bits per heavy atom. The van der Waals surface area contributed by atoms with Crippen molar-refractivity contribution in [1.82, 2.24) is 4.90 Å². The third kappa shape index (κ3) is 6.92. The van der Waals surface area contributed by atoms with Gasteiger partial charge >= 0.3 is 5.97 Å². The van der Waals surface area contributed by atoms with E-state index >= 15 is 0 Å². The highest BCUT2D eigenvalue weighted by Gasteiger charge is 2.33. The molecule has 1 saturated carbocycles. The van der Waals surface area contributed by atoms with Crippen LogP contribution in [0.5, 0.6) is 5.75 Å². The van der Waals surface area contributed by atoms with Gasteiger partial charge in [0, 0.05) is 30.1 Å². The van der Waals surface area contributed by atoms with Crippen LogP contribution in [0.1, 0.15) is 57.2 Å². The van der Waals surface area contributed by atoms with E-state index in [-0.39, 0.29) is 23.8 Å². The summed E-state index contributed by atoms with van der Waals surface area (Å²) in [6.07, 6.45) is 3.45. The number of aliphatic carboxylic acids is 1. The second-order valence-corrected chi connectivity index (χ2v) is 8.65. The third-order valence-corrected chi connectivity index (χ3v) is 5.84. The number of hydrogen-bond donors (Lipinski definition) is 1. The third-order valence-electron chi connectivity index (χ3n) is 5.84. The summed E-state index contributed by atoms with van der Waals surface area (Å²) in [5.41, 5.74) is 2.09. The monoisotopic (exact) mass is 477 g/mol. The van der Waals surface area contributed by atoms with Crippen molar-refractivity contribution in [3.05, 3.63) is 89.7 Å². The fraction of sp³-hybridized carbons (Fsp3) is 0.310. The summed E-state index contributed by atoms with van der Waals surface area (Å²) < 4.78 is 37.5. The molecule has 6 heteroatoms. The lowest BCUT2D eigenvalue weighted by molar-refractivity contribution is -0.137. The van der Waals surface area contributed by atoms with E-state index in [9.17, 15) is 14.0 Å². The Bertz CT molecular complexity index is 1240. The fourth-order valence-electron chi connectivity index (χ4n) is 3.80. The molecule has 5 nitrogen and oxygen atoms in total. The minimum absolute atomic E-state index is 0.112. The molecule has 4 rings (SSSR count). The largest absolute Gasteiger partial charge is 0.493 e. The van der Waals surface area contributed by atoms with Crippen LogP contribution in [0.3, 0.4) is 0 Å². The number of para-hydroxylation sites is 1. The SMILES string of the molecule is [2H]C([2H])(c1ccccc1OCCCCCC(=O)O)N(C(=O)c1ccc(-c2cccc(F)c2)cc1)C1CC1. The molecule has 35 heavy (non-hydrogen) atoms. The number of carbonyl (C=O) groups excluding carboxylic acids is 1.